The largest absolute Gasteiger partial charge is 0.346 e. The smallest absolute Gasteiger partial charge is 0.242 e. The van der Waals surface area contributed by atoms with E-state index in [0.29, 0.717) is 24.9 Å². The number of aryl methyl sites for hydroxylation is 2. The molecule has 0 saturated heterocycles. The highest BCUT2D eigenvalue weighted by Crippen LogP contribution is 2.23. The Morgan fingerprint density at radius 1 is 1.19 bits per heavy atom. The highest BCUT2D eigenvalue weighted by molar-refractivity contribution is 7.89. The van der Waals surface area contributed by atoms with E-state index in [1.165, 1.54) is 18.4 Å². The summed E-state index contributed by atoms with van der Waals surface area (Å²) in [5.41, 5.74) is 1.56. The van der Waals surface area contributed by atoms with Crippen LogP contribution in [-0.4, -0.2) is 60.8 Å². The number of imidazole rings is 1. The van der Waals surface area contributed by atoms with E-state index >= 15 is 0 Å². The van der Waals surface area contributed by atoms with Gasteiger partial charge in [-0.1, -0.05) is 13.3 Å². The van der Waals surface area contributed by atoms with Crippen molar-refractivity contribution >= 4 is 27.0 Å². The van der Waals surface area contributed by atoms with E-state index < -0.39 is 10.0 Å². The molecule has 1 aromatic heterocycles. The van der Waals surface area contributed by atoms with Crippen LogP contribution >= 0.6 is 0 Å². The van der Waals surface area contributed by atoms with E-state index in [-0.39, 0.29) is 10.8 Å². The molecule has 8 heteroatoms. The van der Waals surface area contributed by atoms with E-state index in [9.17, 15) is 13.2 Å². The van der Waals surface area contributed by atoms with Gasteiger partial charge in [0.15, 0.2) is 0 Å². The molecule has 0 unspecified atom stereocenters. The van der Waals surface area contributed by atoms with Crippen molar-refractivity contribution in [1.82, 2.24) is 18.8 Å². The molecule has 0 N–H and O–H groups in total. The topological polar surface area (TPSA) is 75.5 Å². The Kier molecular flexibility index (Phi) is 7.00. The third kappa shape index (κ3) is 4.68. The van der Waals surface area contributed by atoms with Gasteiger partial charge in [0.1, 0.15) is 5.82 Å². The van der Waals surface area contributed by atoms with Crippen LogP contribution in [0.15, 0.2) is 23.1 Å². The second-order valence-electron chi connectivity index (χ2n) is 6.88. The number of amides is 1. The summed E-state index contributed by atoms with van der Waals surface area (Å²) in [6.07, 6.45) is 2.97. The van der Waals surface area contributed by atoms with Gasteiger partial charge >= 0.3 is 0 Å². The van der Waals surface area contributed by atoms with Crippen LogP contribution in [0.25, 0.3) is 11.0 Å². The predicted octanol–water partition coefficient (Wildman–Crippen LogP) is 2.50. The molecular weight excluding hydrogens is 364 g/mol. The standard InChI is InChI=1S/C19H30N4O3S/c1-6-8-13-23-17-10-9-15(27(25,26)21(3)4)14-16(17)20-18(23)11-12-19(24)22(5)7-2/h9-10,14H,6-8,11-13H2,1-5H3. The average molecular weight is 395 g/mol. The minimum Gasteiger partial charge on any atom is -0.346 e. The quantitative estimate of drug-likeness (QED) is 0.655. The lowest BCUT2D eigenvalue weighted by Crippen LogP contribution is -2.26. The average Bonchev–Trinajstić information content (AvgIpc) is 2.99. The lowest BCUT2D eigenvalue weighted by atomic mass is 10.2. The highest BCUT2D eigenvalue weighted by atomic mass is 32.2. The van der Waals surface area contributed by atoms with Crippen LogP contribution in [0.3, 0.4) is 0 Å². The molecule has 0 atom stereocenters. The fourth-order valence-electron chi connectivity index (χ4n) is 2.87. The zero-order chi connectivity index (χ0) is 20.2. The van der Waals surface area contributed by atoms with Crippen LogP contribution in [0.1, 0.15) is 38.9 Å². The summed E-state index contributed by atoms with van der Waals surface area (Å²) in [5.74, 6) is 0.915. The molecule has 0 spiro atoms. The van der Waals surface area contributed by atoms with Gasteiger partial charge in [-0.15, -0.1) is 0 Å². The number of rotatable bonds is 9. The van der Waals surface area contributed by atoms with Gasteiger partial charge in [0, 0.05) is 47.1 Å². The number of carbonyl (C=O) groups is 1. The molecule has 0 bridgehead atoms. The van der Waals surface area contributed by atoms with Crippen LogP contribution < -0.4 is 0 Å². The maximum Gasteiger partial charge on any atom is 0.242 e. The van der Waals surface area contributed by atoms with Crippen LogP contribution in [-0.2, 0) is 27.8 Å². The van der Waals surface area contributed by atoms with Gasteiger partial charge < -0.3 is 9.47 Å². The Balaban J connectivity index is 2.41. The molecule has 0 saturated carbocycles. The van der Waals surface area contributed by atoms with E-state index in [1.807, 2.05) is 13.0 Å². The van der Waals surface area contributed by atoms with E-state index in [0.717, 1.165) is 30.7 Å². The monoisotopic (exact) mass is 394 g/mol. The molecule has 7 nitrogen and oxygen atoms in total. The Morgan fingerprint density at radius 3 is 2.48 bits per heavy atom. The normalized spacial score (nSPS) is 12.1. The first-order valence-corrected chi connectivity index (χ1v) is 10.8. The van der Waals surface area contributed by atoms with E-state index in [1.54, 1.807) is 24.1 Å². The molecule has 2 aromatic rings. The van der Waals surface area contributed by atoms with Crippen molar-refractivity contribution in [1.29, 1.82) is 0 Å². The van der Waals surface area contributed by atoms with Crippen LogP contribution in [0.4, 0.5) is 0 Å². The molecule has 1 aromatic carbocycles. The van der Waals surface area contributed by atoms with Crippen LogP contribution in [0.2, 0.25) is 0 Å². The fraction of sp³-hybridized carbons (Fsp3) is 0.579. The van der Waals surface area contributed by atoms with Gasteiger partial charge in [0.2, 0.25) is 15.9 Å². The Morgan fingerprint density at radius 2 is 1.89 bits per heavy atom. The third-order valence-corrected chi connectivity index (χ3v) is 6.59. The first-order valence-electron chi connectivity index (χ1n) is 9.38. The Labute approximate surface area is 162 Å². The summed E-state index contributed by atoms with van der Waals surface area (Å²) < 4.78 is 28.1. The highest BCUT2D eigenvalue weighted by Gasteiger charge is 2.20. The summed E-state index contributed by atoms with van der Waals surface area (Å²) in [6.45, 7) is 5.55. The molecule has 0 aliphatic heterocycles. The Hall–Kier alpha value is -1.93. The van der Waals surface area contributed by atoms with E-state index in [2.05, 4.69) is 16.5 Å². The summed E-state index contributed by atoms with van der Waals surface area (Å²) in [7, 11) is 1.32. The number of carbonyl (C=O) groups excluding carboxylic acids is 1. The van der Waals surface area contributed by atoms with Gasteiger partial charge in [-0.3, -0.25) is 4.79 Å². The van der Waals surface area contributed by atoms with Crippen molar-refractivity contribution in [2.45, 2.75) is 51.0 Å². The van der Waals surface area contributed by atoms with Crippen molar-refractivity contribution in [2.24, 2.45) is 0 Å². The number of hydrogen-bond acceptors (Lipinski definition) is 4. The second-order valence-corrected chi connectivity index (χ2v) is 9.03. The van der Waals surface area contributed by atoms with Crippen molar-refractivity contribution in [2.75, 3.05) is 27.7 Å². The van der Waals surface area contributed by atoms with Crippen LogP contribution in [0, 0.1) is 0 Å². The predicted molar refractivity (Wildman–Crippen MR) is 107 cm³/mol. The number of benzene rings is 1. The molecule has 0 aliphatic carbocycles. The minimum absolute atomic E-state index is 0.0856. The number of aromatic nitrogens is 2. The molecule has 1 amide bonds. The lowest BCUT2D eigenvalue weighted by molar-refractivity contribution is -0.129. The first-order chi connectivity index (χ1) is 12.7. The van der Waals surface area contributed by atoms with Gasteiger partial charge in [-0.25, -0.2) is 17.7 Å². The van der Waals surface area contributed by atoms with Crippen LogP contribution in [0.5, 0.6) is 0 Å². The van der Waals surface area contributed by atoms with Gasteiger partial charge in [-0.2, -0.15) is 0 Å². The zero-order valence-corrected chi connectivity index (χ0v) is 17.7. The number of fused-ring (bicyclic) bond motifs is 1. The van der Waals surface area contributed by atoms with Crippen molar-refractivity contribution < 1.29 is 13.2 Å². The molecule has 0 radical (unpaired) electrons. The zero-order valence-electron chi connectivity index (χ0n) is 16.9. The molecule has 2 rings (SSSR count). The molecule has 27 heavy (non-hydrogen) atoms. The maximum atomic E-state index is 12.4. The van der Waals surface area contributed by atoms with E-state index in [4.69, 9.17) is 0 Å². The van der Waals surface area contributed by atoms with Crippen molar-refractivity contribution in [3.63, 3.8) is 0 Å². The van der Waals surface area contributed by atoms with Gasteiger partial charge in [-0.05, 0) is 31.5 Å². The van der Waals surface area contributed by atoms with Gasteiger partial charge in [0.05, 0.1) is 15.9 Å². The summed E-state index contributed by atoms with van der Waals surface area (Å²) >= 11 is 0. The minimum atomic E-state index is -3.51. The summed E-state index contributed by atoms with van der Waals surface area (Å²) in [4.78, 5) is 18.7. The number of nitrogens with zero attached hydrogens (tertiary/aromatic N) is 4. The SMILES string of the molecule is CCCCn1c(CCC(=O)N(C)CC)nc2cc(S(=O)(=O)N(C)C)ccc21. The molecule has 150 valence electrons. The van der Waals surface area contributed by atoms with Crippen molar-refractivity contribution in [3.8, 4) is 0 Å². The molecule has 0 aliphatic rings. The molecule has 0 fully saturated rings. The number of sulfonamides is 1. The lowest BCUT2D eigenvalue weighted by Gasteiger charge is -2.14. The molecular formula is C19H30N4O3S. The fourth-order valence-corrected chi connectivity index (χ4v) is 3.80. The number of hydrogen-bond donors (Lipinski definition) is 0. The van der Waals surface area contributed by atoms with Gasteiger partial charge in [0.25, 0.3) is 0 Å². The molecule has 1 heterocycles. The summed E-state index contributed by atoms with van der Waals surface area (Å²) in [5, 5.41) is 0. The van der Waals surface area contributed by atoms with Crippen molar-refractivity contribution in [3.05, 3.63) is 24.0 Å². The Bertz CT molecular complexity index is 903. The second kappa shape index (κ2) is 8.84. The summed E-state index contributed by atoms with van der Waals surface area (Å²) in [6, 6.07) is 5.07. The first kappa shape index (κ1) is 21.4. The number of unbranched alkanes of at least 4 members (excludes halogenated alkanes) is 1. The third-order valence-electron chi connectivity index (χ3n) is 4.78. The maximum absolute atomic E-state index is 12.4.